The molecule has 1 aromatic carbocycles. The van der Waals surface area contributed by atoms with Crippen LogP contribution >= 0.6 is 0 Å². The highest BCUT2D eigenvalue weighted by Crippen LogP contribution is 2.13. The SMILES string of the molecule is O=C(O)/C=C/c1nnc2c(=O)[nH]c3ccccc3n12. The molecule has 7 nitrogen and oxygen atoms in total. The number of para-hydroxylation sites is 2. The fraction of sp³-hybridized carbons (Fsp3) is 0. The molecule has 0 spiro atoms. The third kappa shape index (κ3) is 1.77. The van der Waals surface area contributed by atoms with Crippen LogP contribution in [-0.2, 0) is 4.79 Å². The number of benzene rings is 1. The second kappa shape index (κ2) is 4.05. The molecule has 7 heteroatoms. The minimum atomic E-state index is -1.09. The zero-order valence-electron chi connectivity index (χ0n) is 9.57. The first kappa shape index (κ1) is 11.1. The van der Waals surface area contributed by atoms with Crippen LogP contribution in [0.4, 0.5) is 0 Å². The van der Waals surface area contributed by atoms with Crippen LogP contribution in [0.25, 0.3) is 22.8 Å². The zero-order valence-corrected chi connectivity index (χ0v) is 9.57. The maximum Gasteiger partial charge on any atom is 0.328 e. The number of hydrogen-bond donors (Lipinski definition) is 2. The van der Waals surface area contributed by atoms with Crippen LogP contribution in [0.15, 0.2) is 35.1 Å². The van der Waals surface area contributed by atoms with E-state index in [0.29, 0.717) is 16.9 Å². The van der Waals surface area contributed by atoms with E-state index in [1.54, 1.807) is 18.2 Å². The summed E-state index contributed by atoms with van der Waals surface area (Å²) in [5.74, 6) is -0.800. The molecule has 0 atom stereocenters. The lowest BCUT2D eigenvalue weighted by Crippen LogP contribution is -2.11. The third-order valence-corrected chi connectivity index (χ3v) is 2.66. The predicted molar refractivity (Wildman–Crippen MR) is 67.8 cm³/mol. The lowest BCUT2D eigenvalue weighted by Gasteiger charge is -2.01. The molecule has 2 N–H and O–H groups in total. The first-order valence-corrected chi connectivity index (χ1v) is 5.44. The molecule has 0 aliphatic heterocycles. The number of H-pyrrole nitrogens is 1. The summed E-state index contributed by atoms with van der Waals surface area (Å²) in [4.78, 5) is 25.1. The van der Waals surface area contributed by atoms with Crippen molar-refractivity contribution in [1.82, 2.24) is 19.6 Å². The number of nitrogens with one attached hydrogen (secondary N) is 1. The molecule has 0 bridgehead atoms. The van der Waals surface area contributed by atoms with Gasteiger partial charge in [-0.3, -0.25) is 9.20 Å². The summed E-state index contributed by atoms with van der Waals surface area (Å²) in [7, 11) is 0. The molecule has 19 heavy (non-hydrogen) atoms. The topological polar surface area (TPSA) is 100 Å². The number of aromatic nitrogens is 4. The Labute approximate surface area is 105 Å². The molecule has 3 aromatic rings. The number of nitrogens with zero attached hydrogens (tertiary/aromatic N) is 3. The van der Waals surface area contributed by atoms with Crippen LogP contribution in [0.3, 0.4) is 0 Å². The van der Waals surface area contributed by atoms with E-state index in [-0.39, 0.29) is 11.2 Å². The lowest BCUT2D eigenvalue weighted by atomic mass is 10.3. The van der Waals surface area contributed by atoms with Crippen molar-refractivity contribution in [2.75, 3.05) is 0 Å². The molecule has 0 saturated carbocycles. The van der Waals surface area contributed by atoms with Crippen molar-refractivity contribution >= 4 is 28.7 Å². The van der Waals surface area contributed by atoms with Gasteiger partial charge < -0.3 is 10.1 Å². The minimum Gasteiger partial charge on any atom is -0.478 e. The lowest BCUT2D eigenvalue weighted by molar-refractivity contribution is -0.131. The van der Waals surface area contributed by atoms with Gasteiger partial charge in [-0.25, -0.2) is 4.79 Å². The first-order valence-electron chi connectivity index (χ1n) is 5.44. The molecular formula is C12H8N4O3. The highest BCUT2D eigenvalue weighted by Gasteiger charge is 2.10. The van der Waals surface area contributed by atoms with Crippen LogP contribution in [0.1, 0.15) is 5.82 Å². The quantitative estimate of drug-likeness (QED) is 0.656. The maximum atomic E-state index is 11.8. The highest BCUT2D eigenvalue weighted by atomic mass is 16.4. The van der Waals surface area contributed by atoms with Crippen molar-refractivity contribution < 1.29 is 9.90 Å². The fourth-order valence-corrected chi connectivity index (χ4v) is 1.89. The van der Waals surface area contributed by atoms with Crippen molar-refractivity contribution in [3.8, 4) is 0 Å². The second-order valence-corrected chi connectivity index (χ2v) is 3.86. The Bertz CT molecular complexity index is 875. The van der Waals surface area contributed by atoms with Crippen LogP contribution in [0, 0.1) is 0 Å². The number of aliphatic carboxylic acids is 1. The van der Waals surface area contributed by atoms with E-state index in [1.807, 2.05) is 6.07 Å². The largest absolute Gasteiger partial charge is 0.478 e. The number of carboxylic acid groups (broad SMARTS) is 1. The number of carboxylic acids is 1. The smallest absolute Gasteiger partial charge is 0.328 e. The van der Waals surface area contributed by atoms with Gasteiger partial charge in [-0.15, -0.1) is 10.2 Å². The number of rotatable bonds is 2. The van der Waals surface area contributed by atoms with E-state index in [2.05, 4.69) is 15.2 Å². The van der Waals surface area contributed by atoms with Gasteiger partial charge in [0.05, 0.1) is 11.0 Å². The summed E-state index contributed by atoms with van der Waals surface area (Å²) in [6.45, 7) is 0. The molecular weight excluding hydrogens is 248 g/mol. The number of fused-ring (bicyclic) bond motifs is 3. The standard InChI is InChI=1S/C12H8N4O3/c17-10(18)6-5-9-14-15-11-12(19)13-7-3-1-2-4-8(7)16(9)11/h1-6H,(H,13,19)(H,17,18)/b6-5+. The molecule has 0 amide bonds. The minimum absolute atomic E-state index is 0.128. The van der Waals surface area contributed by atoms with Crippen molar-refractivity contribution in [2.24, 2.45) is 0 Å². The Kier molecular flexibility index (Phi) is 2.38. The van der Waals surface area contributed by atoms with E-state index in [4.69, 9.17) is 5.11 Å². The molecule has 2 heterocycles. The van der Waals surface area contributed by atoms with Gasteiger partial charge in [0.15, 0.2) is 5.82 Å². The van der Waals surface area contributed by atoms with Crippen LogP contribution in [-0.4, -0.2) is 30.7 Å². The Hall–Kier alpha value is -2.96. The highest BCUT2D eigenvalue weighted by molar-refractivity contribution is 5.85. The number of aromatic amines is 1. The molecule has 0 unspecified atom stereocenters. The van der Waals surface area contributed by atoms with Gasteiger partial charge in [0.25, 0.3) is 5.56 Å². The Morgan fingerprint density at radius 3 is 2.89 bits per heavy atom. The zero-order chi connectivity index (χ0) is 13.4. The Morgan fingerprint density at radius 2 is 2.11 bits per heavy atom. The van der Waals surface area contributed by atoms with Crippen LogP contribution in [0.2, 0.25) is 0 Å². The van der Waals surface area contributed by atoms with Gasteiger partial charge in [-0.05, 0) is 18.2 Å². The van der Waals surface area contributed by atoms with Crippen molar-refractivity contribution in [1.29, 1.82) is 0 Å². The third-order valence-electron chi connectivity index (χ3n) is 2.66. The summed E-state index contributed by atoms with van der Waals surface area (Å²) in [6, 6.07) is 7.15. The van der Waals surface area contributed by atoms with Crippen LogP contribution < -0.4 is 5.56 Å². The van der Waals surface area contributed by atoms with Gasteiger partial charge in [0.1, 0.15) is 0 Å². The molecule has 2 aromatic heterocycles. The van der Waals surface area contributed by atoms with Gasteiger partial charge in [0.2, 0.25) is 5.65 Å². The Balaban J connectivity index is 2.42. The van der Waals surface area contributed by atoms with Crippen molar-refractivity contribution in [2.45, 2.75) is 0 Å². The van der Waals surface area contributed by atoms with E-state index in [9.17, 15) is 9.59 Å². The first-order chi connectivity index (χ1) is 9.16. The second-order valence-electron chi connectivity index (χ2n) is 3.86. The fourth-order valence-electron chi connectivity index (χ4n) is 1.89. The summed E-state index contributed by atoms with van der Waals surface area (Å²) in [5.41, 5.74) is 1.09. The van der Waals surface area contributed by atoms with E-state index >= 15 is 0 Å². The summed E-state index contributed by atoms with van der Waals surface area (Å²) in [6.07, 6.45) is 2.25. The van der Waals surface area contributed by atoms with Crippen molar-refractivity contribution in [3.05, 3.63) is 46.5 Å². The molecule has 0 radical (unpaired) electrons. The molecule has 3 rings (SSSR count). The number of hydrogen-bond acceptors (Lipinski definition) is 4. The summed E-state index contributed by atoms with van der Waals surface area (Å²) in [5, 5.41) is 16.2. The van der Waals surface area contributed by atoms with Gasteiger partial charge in [-0.1, -0.05) is 12.1 Å². The summed E-state index contributed by atoms with van der Waals surface area (Å²) >= 11 is 0. The van der Waals surface area contributed by atoms with E-state index in [1.165, 1.54) is 10.5 Å². The van der Waals surface area contributed by atoms with Gasteiger partial charge >= 0.3 is 5.97 Å². The van der Waals surface area contributed by atoms with Gasteiger partial charge in [-0.2, -0.15) is 0 Å². The predicted octanol–water partition coefficient (Wildman–Crippen LogP) is 0.669. The maximum absolute atomic E-state index is 11.8. The molecule has 94 valence electrons. The van der Waals surface area contributed by atoms with Crippen molar-refractivity contribution in [3.63, 3.8) is 0 Å². The normalized spacial score (nSPS) is 11.6. The number of carbonyl (C=O) groups is 1. The van der Waals surface area contributed by atoms with E-state index < -0.39 is 5.97 Å². The van der Waals surface area contributed by atoms with Crippen LogP contribution in [0.5, 0.6) is 0 Å². The molecule has 0 aliphatic rings. The average Bonchev–Trinajstić information content (AvgIpc) is 2.81. The Morgan fingerprint density at radius 1 is 1.32 bits per heavy atom. The monoisotopic (exact) mass is 256 g/mol. The average molecular weight is 256 g/mol. The molecule has 0 saturated heterocycles. The van der Waals surface area contributed by atoms with E-state index in [0.717, 1.165) is 6.08 Å². The molecule has 0 fully saturated rings. The van der Waals surface area contributed by atoms with Gasteiger partial charge in [0, 0.05) is 6.08 Å². The summed E-state index contributed by atoms with van der Waals surface area (Å²) < 4.78 is 1.52. The molecule has 0 aliphatic carbocycles.